The third kappa shape index (κ3) is 3.62. The Labute approximate surface area is 88.6 Å². The van der Waals surface area contributed by atoms with Crippen molar-refractivity contribution in [1.29, 1.82) is 5.26 Å². The first-order valence-corrected chi connectivity index (χ1v) is 4.86. The normalized spacial score (nSPS) is 9.13. The molecule has 0 radical (unpaired) electrons. The zero-order valence-electron chi connectivity index (χ0n) is 9.09. The second-order valence-corrected chi connectivity index (χ2v) is 2.55. The van der Waals surface area contributed by atoms with Crippen LogP contribution >= 0.6 is 0 Å². The summed E-state index contributed by atoms with van der Waals surface area (Å²) in [4.78, 5) is 3.65. The van der Waals surface area contributed by atoms with Crippen LogP contribution in [-0.2, 0) is 6.42 Å². The SMILES string of the molecule is CC.CCc1cnc(C#N)c(C(F)F)c1. The summed E-state index contributed by atoms with van der Waals surface area (Å²) < 4.78 is 24.7. The van der Waals surface area contributed by atoms with Crippen molar-refractivity contribution < 1.29 is 8.78 Å². The topological polar surface area (TPSA) is 36.7 Å². The van der Waals surface area contributed by atoms with Crippen molar-refractivity contribution in [3.05, 3.63) is 29.1 Å². The lowest BCUT2D eigenvalue weighted by molar-refractivity contribution is 0.150. The summed E-state index contributed by atoms with van der Waals surface area (Å²) in [7, 11) is 0. The fourth-order valence-corrected chi connectivity index (χ4v) is 0.980. The molecule has 1 rings (SSSR count). The van der Waals surface area contributed by atoms with E-state index in [-0.39, 0.29) is 11.3 Å². The van der Waals surface area contributed by atoms with Gasteiger partial charge < -0.3 is 0 Å². The predicted octanol–water partition coefficient (Wildman–Crippen LogP) is 3.48. The van der Waals surface area contributed by atoms with E-state index >= 15 is 0 Å². The Balaban J connectivity index is 0.000000921. The van der Waals surface area contributed by atoms with Crippen molar-refractivity contribution in [1.82, 2.24) is 4.98 Å². The molecule has 2 nitrogen and oxygen atoms in total. The smallest absolute Gasteiger partial charge is 0.245 e. The molecule has 0 spiro atoms. The number of nitrogens with zero attached hydrogens (tertiary/aromatic N) is 2. The number of aryl methyl sites for hydroxylation is 1. The van der Waals surface area contributed by atoms with Crippen LogP contribution in [0.15, 0.2) is 12.3 Å². The van der Waals surface area contributed by atoms with E-state index in [0.717, 1.165) is 0 Å². The van der Waals surface area contributed by atoms with Gasteiger partial charge in [-0.25, -0.2) is 13.8 Å². The van der Waals surface area contributed by atoms with E-state index in [2.05, 4.69) is 4.98 Å². The van der Waals surface area contributed by atoms with E-state index in [1.807, 2.05) is 20.8 Å². The lowest BCUT2D eigenvalue weighted by Crippen LogP contribution is -1.96. The second-order valence-electron chi connectivity index (χ2n) is 2.55. The van der Waals surface area contributed by atoms with Crippen molar-refractivity contribution >= 4 is 0 Å². The average molecular weight is 212 g/mol. The quantitative estimate of drug-likeness (QED) is 0.752. The first-order valence-electron chi connectivity index (χ1n) is 4.86. The summed E-state index contributed by atoms with van der Waals surface area (Å²) in [5.74, 6) is 0. The molecule has 0 N–H and O–H groups in total. The molecule has 0 bridgehead atoms. The Kier molecular flexibility index (Phi) is 6.19. The number of hydrogen-bond acceptors (Lipinski definition) is 2. The van der Waals surface area contributed by atoms with Gasteiger partial charge in [-0.3, -0.25) is 0 Å². The Morgan fingerprint density at radius 1 is 1.47 bits per heavy atom. The Morgan fingerprint density at radius 3 is 2.47 bits per heavy atom. The van der Waals surface area contributed by atoms with E-state index in [1.54, 1.807) is 6.07 Å². The molecule has 0 aromatic carbocycles. The molecule has 0 unspecified atom stereocenters. The van der Waals surface area contributed by atoms with Crippen LogP contribution in [0.5, 0.6) is 0 Å². The minimum absolute atomic E-state index is 0.188. The van der Waals surface area contributed by atoms with Gasteiger partial charge in [-0.1, -0.05) is 20.8 Å². The summed E-state index contributed by atoms with van der Waals surface area (Å²) in [5.41, 5.74) is 0.253. The molecule has 0 aliphatic rings. The van der Waals surface area contributed by atoms with Gasteiger partial charge in [0.25, 0.3) is 6.43 Å². The van der Waals surface area contributed by atoms with Crippen LogP contribution in [0.2, 0.25) is 0 Å². The number of alkyl halides is 2. The van der Waals surface area contributed by atoms with Crippen molar-refractivity contribution in [2.24, 2.45) is 0 Å². The fraction of sp³-hybridized carbons (Fsp3) is 0.455. The molecule has 0 saturated carbocycles. The molecule has 0 atom stereocenters. The van der Waals surface area contributed by atoms with Gasteiger partial charge in [0.05, 0.1) is 5.56 Å². The number of nitriles is 1. The van der Waals surface area contributed by atoms with Gasteiger partial charge in [-0.05, 0) is 18.1 Å². The van der Waals surface area contributed by atoms with E-state index in [4.69, 9.17) is 5.26 Å². The van der Waals surface area contributed by atoms with Crippen molar-refractivity contribution in [2.75, 3.05) is 0 Å². The van der Waals surface area contributed by atoms with Crippen LogP contribution < -0.4 is 0 Å². The van der Waals surface area contributed by atoms with Gasteiger partial charge in [-0.2, -0.15) is 5.26 Å². The first kappa shape index (κ1) is 13.5. The van der Waals surface area contributed by atoms with Crippen LogP contribution in [0, 0.1) is 11.3 Å². The largest absolute Gasteiger partial charge is 0.266 e. The van der Waals surface area contributed by atoms with Gasteiger partial charge >= 0.3 is 0 Å². The Bertz CT molecular complexity index is 343. The number of hydrogen-bond donors (Lipinski definition) is 0. The number of aromatic nitrogens is 1. The number of halogens is 2. The molecule has 82 valence electrons. The monoisotopic (exact) mass is 212 g/mol. The van der Waals surface area contributed by atoms with Gasteiger partial charge in [0, 0.05) is 6.20 Å². The summed E-state index contributed by atoms with van der Waals surface area (Å²) in [6.07, 6.45) is -0.545. The molecule has 1 heterocycles. The highest BCUT2D eigenvalue weighted by atomic mass is 19.3. The minimum Gasteiger partial charge on any atom is -0.245 e. The molecule has 15 heavy (non-hydrogen) atoms. The van der Waals surface area contributed by atoms with Gasteiger partial charge in [0.1, 0.15) is 11.8 Å². The van der Waals surface area contributed by atoms with Crippen LogP contribution in [0.4, 0.5) is 8.78 Å². The van der Waals surface area contributed by atoms with Crippen LogP contribution in [-0.4, -0.2) is 4.98 Å². The highest BCUT2D eigenvalue weighted by Gasteiger charge is 2.14. The molecular weight excluding hydrogens is 198 g/mol. The van der Waals surface area contributed by atoms with E-state index in [0.29, 0.717) is 12.0 Å². The maximum atomic E-state index is 12.3. The molecule has 1 aromatic rings. The van der Waals surface area contributed by atoms with E-state index < -0.39 is 6.43 Å². The van der Waals surface area contributed by atoms with Crippen molar-refractivity contribution in [2.45, 2.75) is 33.6 Å². The van der Waals surface area contributed by atoms with E-state index in [9.17, 15) is 8.78 Å². The van der Waals surface area contributed by atoms with E-state index in [1.165, 1.54) is 12.3 Å². The summed E-state index contributed by atoms with van der Waals surface area (Å²) in [5, 5.41) is 8.49. The third-order valence-electron chi connectivity index (χ3n) is 1.72. The minimum atomic E-state index is -2.63. The highest BCUT2D eigenvalue weighted by molar-refractivity contribution is 5.34. The first-order chi connectivity index (χ1) is 7.19. The van der Waals surface area contributed by atoms with Crippen LogP contribution in [0.1, 0.15) is 44.0 Å². The molecule has 0 aliphatic heterocycles. The molecule has 0 amide bonds. The Hall–Kier alpha value is -1.50. The van der Waals surface area contributed by atoms with Gasteiger partial charge in [0.15, 0.2) is 0 Å². The lowest BCUT2D eigenvalue weighted by atomic mass is 10.1. The molecule has 0 saturated heterocycles. The summed E-state index contributed by atoms with van der Waals surface area (Å²) in [6.45, 7) is 5.85. The lowest BCUT2D eigenvalue weighted by Gasteiger charge is -2.03. The molecule has 0 fully saturated rings. The summed E-state index contributed by atoms with van der Waals surface area (Å²) >= 11 is 0. The fourth-order valence-electron chi connectivity index (χ4n) is 0.980. The van der Waals surface area contributed by atoms with Crippen molar-refractivity contribution in [3.63, 3.8) is 0 Å². The maximum absolute atomic E-state index is 12.3. The average Bonchev–Trinajstić information content (AvgIpc) is 2.30. The molecule has 1 aromatic heterocycles. The number of rotatable bonds is 2. The summed E-state index contributed by atoms with van der Waals surface area (Å²) in [6, 6.07) is 2.97. The maximum Gasteiger partial charge on any atom is 0.266 e. The second kappa shape index (κ2) is 6.88. The van der Waals surface area contributed by atoms with Crippen LogP contribution in [0.25, 0.3) is 0 Å². The molecule has 4 heteroatoms. The Morgan fingerprint density at radius 2 is 2.07 bits per heavy atom. The predicted molar refractivity (Wildman–Crippen MR) is 54.6 cm³/mol. The number of pyridine rings is 1. The van der Waals surface area contributed by atoms with Crippen LogP contribution in [0.3, 0.4) is 0 Å². The van der Waals surface area contributed by atoms with Gasteiger partial charge in [0.2, 0.25) is 0 Å². The third-order valence-corrected chi connectivity index (χ3v) is 1.72. The zero-order valence-corrected chi connectivity index (χ0v) is 9.09. The molecular formula is C11H14F2N2. The van der Waals surface area contributed by atoms with Gasteiger partial charge in [-0.15, -0.1) is 0 Å². The zero-order chi connectivity index (χ0) is 11.8. The van der Waals surface area contributed by atoms with Crippen molar-refractivity contribution in [3.8, 4) is 6.07 Å². The highest BCUT2D eigenvalue weighted by Crippen LogP contribution is 2.22. The standard InChI is InChI=1S/C9H8F2N2.C2H6/c1-2-6-3-7(9(10)11)8(4-12)13-5-6;1-2/h3,5,9H,2H2,1H3;1-2H3. The molecule has 0 aliphatic carbocycles.